The molecule has 7 nitrogen and oxygen atoms in total. The molecule has 0 amide bonds. The van der Waals surface area contributed by atoms with Gasteiger partial charge in [-0.15, -0.1) is 0 Å². The smallest absolute Gasteiger partial charge is 0.312 e. The van der Waals surface area contributed by atoms with Gasteiger partial charge in [0.15, 0.2) is 0 Å². The zero-order valence-electron chi connectivity index (χ0n) is 14.2. The third kappa shape index (κ3) is 4.02. The van der Waals surface area contributed by atoms with Gasteiger partial charge in [0.2, 0.25) is 10.0 Å². The van der Waals surface area contributed by atoms with E-state index in [2.05, 4.69) is 5.10 Å². The topological polar surface area (TPSA) is 115 Å². The van der Waals surface area contributed by atoms with Crippen molar-refractivity contribution >= 4 is 27.6 Å². The van der Waals surface area contributed by atoms with Crippen LogP contribution < -0.4 is 5.14 Å². The highest BCUT2D eigenvalue weighted by Crippen LogP contribution is 2.28. The first-order valence-electron chi connectivity index (χ1n) is 7.89. The molecule has 9 heteroatoms. The Kier molecular flexibility index (Phi) is 5.05. The summed E-state index contributed by atoms with van der Waals surface area (Å²) in [5.74, 6) is -1.80. The number of aliphatic carboxylic acids is 1. The second-order valence-electron chi connectivity index (χ2n) is 5.97. The van der Waals surface area contributed by atoms with Crippen LogP contribution in [0.25, 0.3) is 16.9 Å². The third-order valence-corrected chi connectivity index (χ3v) is 5.27. The molecule has 3 aromatic rings. The van der Waals surface area contributed by atoms with Crippen LogP contribution in [0.1, 0.15) is 18.5 Å². The Labute approximate surface area is 161 Å². The molecule has 0 fully saturated rings. The van der Waals surface area contributed by atoms with Crippen LogP contribution in [-0.2, 0) is 14.8 Å². The summed E-state index contributed by atoms with van der Waals surface area (Å²) in [7, 11) is -3.81. The first kappa shape index (κ1) is 19.1. The van der Waals surface area contributed by atoms with E-state index in [1.807, 2.05) is 0 Å². The maximum atomic E-state index is 11.4. The van der Waals surface area contributed by atoms with Gasteiger partial charge in [-0.2, -0.15) is 5.10 Å². The minimum Gasteiger partial charge on any atom is -0.481 e. The molecule has 3 rings (SSSR count). The number of primary sulfonamides is 1. The molecular weight excluding hydrogens is 390 g/mol. The Morgan fingerprint density at radius 3 is 2.26 bits per heavy atom. The molecule has 0 saturated carbocycles. The number of carboxylic acids is 1. The number of hydrogen-bond donors (Lipinski definition) is 2. The fourth-order valence-electron chi connectivity index (χ4n) is 2.54. The number of aromatic nitrogens is 2. The second kappa shape index (κ2) is 7.15. The molecule has 27 heavy (non-hydrogen) atoms. The number of rotatable bonds is 5. The number of halogens is 1. The number of nitrogens with two attached hydrogens (primary N) is 1. The zero-order valence-corrected chi connectivity index (χ0v) is 15.8. The van der Waals surface area contributed by atoms with Gasteiger partial charge in [0.1, 0.15) is 0 Å². The molecule has 3 N–H and O–H groups in total. The lowest BCUT2D eigenvalue weighted by Gasteiger charge is -2.08. The van der Waals surface area contributed by atoms with E-state index >= 15 is 0 Å². The lowest BCUT2D eigenvalue weighted by molar-refractivity contribution is -0.138. The average Bonchev–Trinajstić information content (AvgIpc) is 3.06. The molecular formula is C18H16ClN3O4S. The Bertz CT molecular complexity index is 1090. The van der Waals surface area contributed by atoms with Crippen molar-refractivity contribution in [1.29, 1.82) is 0 Å². The highest BCUT2D eigenvalue weighted by atomic mass is 35.5. The second-order valence-corrected chi connectivity index (χ2v) is 7.97. The standard InChI is InChI=1S/C18H16ClN3O4S/c1-11(18(23)24)16-10-17(12-2-4-13(19)5-3-12)22(21-16)14-6-8-15(9-7-14)27(20,25)26/h2-11H,1H3,(H,23,24)(H2,20,25,26). The Morgan fingerprint density at radius 1 is 1.15 bits per heavy atom. The molecule has 0 radical (unpaired) electrons. The van der Waals surface area contributed by atoms with Gasteiger partial charge in [0.25, 0.3) is 0 Å². The first-order valence-corrected chi connectivity index (χ1v) is 9.81. The van der Waals surface area contributed by atoms with Gasteiger partial charge < -0.3 is 5.11 Å². The molecule has 0 spiro atoms. The van der Waals surface area contributed by atoms with Crippen LogP contribution in [-0.4, -0.2) is 29.3 Å². The van der Waals surface area contributed by atoms with Crippen molar-refractivity contribution in [3.05, 3.63) is 65.3 Å². The van der Waals surface area contributed by atoms with Gasteiger partial charge in [-0.3, -0.25) is 4.79 Å². The summed E-state index contributed by atoms with van der Waals surface area (Å²) in [5.41, 5.74) is 2.38. The van der Waals surface area contributed by atoms with Gasteiger partial charge >= 0.3 is 5.97 Å². The van der Waals surface area contributed by atoms with Crippen LogP contribution in [0.4, 0.5) is 0 Å². The first-order chi connectivity index (χ1) is 12.7. The summed E-state index contributed by atoms with van der Waals surface area (Å²) in [5, 5.41) is 19.4. The van der Waals surface area contributed by atoms with E-state index in [1.165, 1.54) is 12.1 Å². The van der Waals surface area contributed by atoms with Crippen LogP contribution >= 0.6 is 11.6 Å². The molecule has 0 bridgehead atoms. The molecule has 0 aliphatic carbocycles. The van der Waals surface area contributed by atoms with Gasteiger partial charge in [0.05, 0.1) is 27.9 Å². The molecule has 1 unspecified atom stereocenters. The third-order valence-electron chi connectivity index (χ3n) is 4.09. The molecule has 0 aliphatic rings. The SMILES string of the molecule is CC(C(=O)O)c1cc(-c2ccc(Cl)cc2)n(-c2ccc(S(N)(=O)=O)cc2)n1. The van der Waals surface area contributed by atoms with E-state index in [0.29, 0.717) is 22.1 Å². The van der Waals surface area contributed by atoms with E-state index in [1.54, 1.807) is 54.1 Å². The summed E-state index contributed by atoms with van der Waals surface area (Å²) in [6.45, 7) is 1.55. The van der Waals surface area contributed by atoms with E-state index in [0.717, 1.165) is 5.56 Å². The molecule has 1 aromatic heterocycles. The lowest BCUT2D eigenvalue weighted by atomic mass is 10.1. The van der Waals surface area contributed by atoms with Crippen LogP contribution in [0, 0.1) is 0 Å². The minimum atomic E-state index is -3.81. The van der Waals surface area contributed by atoms with Gasteiger partial charge in [-0.25, -0.2) is 18.2 Å². The lowest BCUT2D eigenvalue weighted by Crippen LogP contribution is -2.12. The predicted molar refractivity (Wildman–Crippen MR) is 101 cm³/mol. The van der Waals surface area contributed by atoms with Crippen molar-refractivity contribution in [3.63, 3.8) is 0 Å². The van der Waals surface area contributed by atoms with Gasteiger partial charge in [-0.1, -0.05) is 23.7 Å². The number of benzene rings is 2. The maximum Gasteiger partial charge on any atom is 0.312 e. The average molecular weight is 406 g/mol. The Balaban J connectivity index is 2.15. The number of carbonyl (C=O) groups is 1. The quantitative estimate of drug-likeness (QED) is 0.676. The molecule has 0 aliphatic heterocycles. The van der Waals surface area contributed by atoms with E-state index in [9.17, 15) is 18.3 Å². The van der Waals surface area contributed by atoms with Crippen molar-refractivity contribution in [3.8, 4) is 16.9 Å². The van der Waals surface area contributed by atoms with Crippen LogP contribution in [0.3, 0.4) is 0 Å². The van der Waals surface area contributed by atoms with E-state index in [4.69, 9.17) is 16.7 Å². The number of carboxylic acid groups (broad SMARTS) is 1. The minimum absolute atomic E-state index is 0.0226. The normalized spacial score (nSPS) is 12.7. The molecule has 140 valence electrons. The van der Waals surface area contributed by atoms with E-state index < -0.39 is 21.9 Å². The molecule has 1 atom stereocenters. The summed E-state index contributed by atoms with van der Waals surface area (Å²) >= 11 is 5.94. The zero-order chi connectivity index (χ0) is 19.8. The van der Waals surface area contributed by atoms with Crippen molar-refractivity contribution < 1.29 is 18.3 Å². The summed E-state index contributed by atoms with van der Waals surface area (Å²) < 4.78 is 24.5. The number of hydrogen-bond acceptors (Lipinski definition) is 4. The summed E-state index contributed by atoms with van der Waals surface area (Å²) in [6.07, 6.45) is 0. The van der Waals surface area contributed by atoms with Crippen LogP contribution in [0.5, 0.6) is 0 Å². The molecule has 1 heterocycles. The fraction of sp³-hybridized carbons (Fsp3) is 0.111. The van der Waals surface area contributed by atoms with Gasteiger partial charge in [-0.05, 0) is 49.4 Å². The number of sulfonamides is 1. The molecule has 2 aromatic carbocycles. The van der Waals surface area contributed by atoms with Crippen LogP contribution in [0.15, 0.2) is 59.5 Å². The van der Waals surface area contributed by atoms with Crippen molar-refractivity contribution in [1.82, 2.24) is 9.78 Å². The van der Waals surface area contributed by atoms with Crippen LogP contribution in [0.2, 0.25) is 5.02 Å². The largest absolute Gasteiger partial charge is 0.481 e. The maximum absolute atomic E-state index is 11.4. The van der Waals surface area contributed by atoms with Crippen molar-refractivity contribution in [2.24, 2.45) is 5.14 Å². The highest BCUT2D eigenvalue weighted by molar-refractivity contribution is 7.89. The summed E-state index contributed by atoms with van der Waals surface area (Å²) in [4.78, 5) is 11.3. The monoisotopic (exact) mass is 405 g/mol. The predicted octanol–water partition coefficient (Wildman–Crippen LogP) is 3.03. The van der Waals surface area contributed by atoms with Crippen molar-refractivity contribution in [2.75, 3.05) is 0 Å². The van der Waals surface area contributed by atoms with Crippen molar-refractivity contribution in [2.45, 2.75) is 17.7 Å². The van der Waals surface area contributed by atoms with Gasteiger partial charge in [0, 0.05) is 10.6 Å². The highest BCUT2D eigenvalue weighted by Gasteiger charge is 2.21. The Morgan fingerprint density at radius 2 is 1.74 bits per heavy atom. The molecule has 0 saturated heterocycles. The fourth-order valence-corrected chi connectivity index (χ4v) is 3.18. The Hall–Kier alpha value is -2.68. The van der Waals surface area contributed by atoms with E-state index in [-0.39, 0.29) is 4.90 Å². The summed E-state index contributed by atoms with van der Waals surface area (Å²) in [6, 6.07) is 14.6. The number of nitrogens with zero attached hydrogens (tertiary/aromatic N) is 2.